The summed E-state index contributed by atoms with van der Waals surface area (Å²) in [5.74, 6) is -0.113. The number of benzene rings is 1. The molecule has 7 nitrogen and oxygen atoms in total. The van der Waals surface area contributed by atoms with Gasteiger partial charge in [0.1, 0.15) is 6.61 Å². The van der Waals surface area contributed by atoms with Crippen molar-refractivity contribution in [2.75, 3.05) is 39.4 Å². The maximum atomic E-state index is 12.8. The molecule has 3 saturated heterocycles. The summed E-state index contributed by atoms with van der Waals surface area (Å²) in [5, 5.41) is 4.26. The Balaban J connectivity index is 1.10. The lowest BCUT2D eigenvalue weighted by Gasteiger charge is -2.46. The first-order chi connectivity index (χ1) is 14.4. The molecule has 4 aliphatic rings. The van der Waals surface area contributed by atoms with Gasteiger partial charge in [0.05, 0.1) is 37.9 Å². The van der Waals surface area contributed by atoms with Gasteiger partial charge in [0.25, 0.3) is 0 Å². The van der Waals surface area contributed by atoms with Gasteiger partial charge in [-0.05, 0) is 37.0 Å². The van der Waals surface area contributed by atoms with Crippen molar-refractivity contribution in [3.05, 3.63) is 33.8 Å². The fraction of sp³-hybridized carbons (Fsp3) is 0.619. The number of fused-ring (bicyclic) bond motifs is 1. The molecule has 4 fully saturated rings. The van der Waals surface area contributed by atoms with E-state index in [0.29, 0.717) is 42.8 Å². The van der Waals surface area contributed by atoms with E-state index in [1.807, 2.05) is 21.9 Å². The van der Waals surface area contributed by atoms with Crippen molar-refractivity contribution in [2.45, 2.75) is 42.9 Å². The summed E-state index contributed by atoms with van der Waals surface area (Å²) in [6.45, 7) is 3.06. The number of hydrogen-bond acceptors (Lipinski definition) is 4. The number of urea groups is 1. The van der Waals surface area contributed by atoms with Crippen LogP contribution in [0, 0.1) is 0 Å². The molecule has 3 heterocycles. The first kappa shape index (κ1) is 20.4. The van der Waals surface area contributed by atoms with Crippen LogP contribution in [-0.2, 0) is 19.7 Å². The predicted octanol–water partition coefficient (Wildman–Crippen LogP) is 2.44. The molecule has 0 spiro atoms. The standard InChI is InChI=1S/C21H25Cl2N3O4/c22-13-1-2-15(16(23)7-13)21(4-5-21)12-30-14-8-26(9-14)20(28)25-6-3-18-17(10-25)24-19(27)11-29-18/h1-2,7,14,17-18H,3-6,8-12H2,(H,24,27)/t17-,18+/m1/s1. The van der Waals surface area contributed by atoms with Gasteiger partial charge in [0.15, 0.2) is 0 Å². The Hall–Kier alpha value is -1.54. The second-order valence-corrected chi connectivity index (χ2v) is 9.63. The number of morpholine rings is 1. The van der Waals surface area contributed by atoms with Gasteiger partial charge >= 0.3 is 6.03 Å². The summed E-state index contributed by atoms with van der Waals surface area (Å²) in [5.41, 5.74) is 1.08. The minimum Gasteiger partial charge on any atom is -0.374 e. The number of nitrogens with zero attached hydrogens (tertiary/aromatic N) is 2. The monoisotopic (exact) mass is 453 g/mol. The number of piperidine rings is 1. The SMILES string of the molecule is O=C1CO[C@H]2CCN(C(=O)N3CC(OCC4(c5ccc(Cl)cc5Cl)CC4)C3)C[C@H]2N1. The zero-order valence-corrected chi connectivity index (χ0v) is 18.1. The summed E-state index contributed by atoms with van der Waals surface area (Å²) >= 11 is 12.4. The largest absolute Gasteiger partial charge is 0.374 e. The van der Waals surface area contributed by atoms with Crippen molar-refractivity contribution in [2.24, 2.45) is 0 Å². The van der Waals surface area contributed by atoms with Gasteiger partial charge in [-0.1, -0.05) is 29.3 Å². The van der Waals surface area contributed by atoms with E-state index in [1.54, 1.807) is 6.07 Å². The molecule has 0 unspecified atom stereocenters. The molecular weight excluding hydrogens is 429 g/mol. The summed E-state index contributed by atoms with van der Waals surface area (Å²) in [4.78, 5) is 28.0. The molecule has 5 rings (SSSR count). The van der Waals surface area contributed by atoms with Crippen molar-refractivity contribution >= 4 is 35.1 Å². The number of carbonyl (C=O) groups is 2. The van der Waals surface area contributed by atoms with Gasteiger partial charge in [-0.25, -0.2) is 4.79 Å². The highest BCUT2D eigenvalue weighted by molar-refractivity contribution is 6.35. The number of amides is 3. The third kappa shape index (κ3) is 3.88. The first-order valence-electron chi connectivity index (χ1n) is 10.5. The Bertz CT molecular complexity index is 857. The molecule has 3 amide bonds. The topological polar surface area (TPSA) is 71.1 Å². The van der Waals surface area contributed by atoms with Crippen molar-refractivity contribution < 1.29 is 19.1 Å². The molecule has 1 N–H and O–H groups in total. The maximum absolute atomic E-state index is 12.8. The van der Waals surface area contributed by atoms with Crippen LogP contribution >= 0.6 is 23.2 Å². The Morgan fingerprint density at radius 3 is 2.77 bits per heavy atom. The van der Waals surface area contributed by atoms with Gasteiger partial charge in [-0.15, -0.1) is 0 Å². The second kappa shape index (κ2) is 7.86. The minimum atomic E-state index is -0.115. The fourth-order valence-electron chi connectivity index (χ4n) is 4.61. The van der Waals surface area contributed by atoms with Crippen LogP contribution in [0.4, 0.5) is 4.79 Å². The molecule has 0 radical (unpaired) electrons. The van der Waals surface area contributed by atoms with E-state index in [-0.39, 0.29) is 42.2 Å². The molecule has 9 heteroatoms. The Kier molecular flexibility index (Phi) is 5.34. The number of nitrogens with one attached hydrogen (secondary N) is 1. The van der Waals surface area contributed by atoms with E-state index in [0.717, 1.165) is 24.8 Å². The van der Waals surface area contributed by atoms with Gasteiger partial charge in [-0.2, -0.15) is 0 Å². The number of likely N-dealkylation sites (tertiary alicyclic amines) is 2. The average Bonchev–Trinajstić information content (AvgIpc) is 3.46. The number of halogens is 2. The molecule has 0 aromatic heterocycles. The van der Waals surface area contributed by atoms with Crippen molar-refractivity contribution in [1.82, 2.24) is 15.1 Å². The Labute approximate surface area is 185 Å². The van der Waals surface area contributed by atoms with Gasteiger partial charge in [0, 0.05) is 28.5 Å². The zero-order chi connectivity index (χ0) is 20.9. The van der Waals surface area contributed by atoms with Crippen LogP contribution in [0.5, 0.6) is 0 Å². The van der Waals surface area contributed by atoms with E-state index in [4.69, 9.17) is 32.7 Å². The molecule has 1 aliphatic carbocycles. The van der Waals surface area contributed by atoms with Crippen molar-refractivity contribution in [1.29, 1.82) is 0 Å². The van der Waals surface area contributed by atoms with Gasteiger partial charge < -0.3 is 24.6 Å². The van der Waals surface area contributed by atoms with E-state index >= 15 is 0 Å². The molecule has 30 heavy (non-hydrogen) atoms. The first-order valence-corrected chi connectivity index (χ1v) is 11.2. The van der Waals surface area contributed by atoms with Gasteiger partial charge in [0.2, 0.25) is 5.91 Å². The van der Waals surface area contributed by atoms with Gasteiger partial charge in [-0.3, -0.25) is 4.79 Å². The minimum absolute atomic E-state index is 0.00801. The smallest absolute Gasteiger partial charge is 0.320 e. The lowest BCUT2D eigenvalue weighted by Crippen LogP contribution is -2.65. The Morgan fingerprint density at radius 1 is 1.23 bits per heavy atom. The molecule has 1 aromatic carbocycles. The molecule has 162 valence electrons. The predicted molar refractivity (Wildman–Crippen MR) is 112 cm³/mol. The highest BCUT2D eigenvalue weighted by Crippen LogP contribution is 2.51. The number of ether oxygens (including phenoxy) is 2. The van der Waals surface area contributed by atoms with Crippen molar-refractivity contribution in [3.63, 3.8) is 0 Å². The van der Waals surface area contributed by atoms with Crippen LogP contribution < -0.4 is 5.32 Å². The van der Waals surface area contributed by atoms with E-state index in [2.05, 4.69) is 5.32 Å². The van der Waals surface area contributed by atoms with Crippen LogP contribution in [0.3, 0.4) is 0 Å². The zero-order valence-electron chi connectivity index (χ0n) is 16.6. The van der Waals surface area contributed by atoms with Crippen molar-refractivity contribution in [3.8, 4) is 0 Å². The summed E-state index contributed by atoms with van der Waals surface area (Å²) in [7, 11) is 0. The quantitative estimate of drug-likeness (QED) is 0.759. The normalized spacial score (nSPS) is 27.9. The number of carbonyl (C=O) groups excluding carboxylic acids is 2. The third-order valence-electron chi connectivity index (χ3n) is 6.66. The summed E-state index contributed by atoms with van der Waals surface area (Å²) in [6, 6.07) is 5.54. The number of rotatable bonds is 4. The van der Waals surface area contributed by atoms with E-state index in [9.17, 15) is 9.59 Å². The Morgan fingerprint density at radius 2 is 2.03 bits per heavy atom. The lowest BCUT2D eigenvalue weighted by atomic mass is 9.96. The molecule has 0 bridgehead atoms. The second-order valence-electron chi connectivity index (χ2n) is 8.78. The molecule has 2 atom stereocenters. The van der Waals surface area contributed by atoms with Crippen LogP contribution in [0.15, 0.2) is 18.2 Å². The highest BCUT2D eigenvalue weighted by atomic mass is 35.5. The van der Waals surface area contributed by atoms with Crippen LogP contribution in [0.2, 0.25) is 10.0 Å². The van der Waals surface area contributed by atoms with Crippen LogP contribution in [0.25, 0.3) is 0 Å². The van der Waals surface area contributed by atoms with Crippen LogP contribution in [-0.4, -0.2) is 79.4 Å². The molecule has 1 saturated carbocycles. The molecular formula is C21H25Cl2N3O4. The molecule has 1 aromatic rings. The number of hydrogen-bond donors (Lipinski definition) is 1. The fourth-order valence-corrected chi connectivity index (χ4v) is 5.22. The van der Waals surface area contributed by atoms with E-state index < -0.39 is 0 Å². The summed E-state index contributed by atoms with van der Waals surface area (Å²) < 4.78 is 11.7. The lowest BCUT2D eigenvalue weighted by molar-refractivity contribution is -0.140. The third-order valence-corrected chi connectivity index (χ3v) is 7.21. The average molecular weight is 454 g/mol. The van der Waals surface area contributed by atoms with Crippen LogP contribution in [0.1, 0.15) is 24.8 Å². The summed E-state index contributed by atoms with van der Waals surface area (Å²) in [6.07, 6.45) is 2.90. The molecule has 3 aliphatic heterocycles. The maximum Gasteiger partial charge on any atom is 0.320 e. The highest BCUT2D eigenvalue weighted by Gasteiger charge is 2.47. The van der Waals surface area contributed by atoms with E-state index in [1.165, 1.54) is 0 Å².